The summed E-state index contributed by atoms with van der Waals surface area (Å²) in [6, 6.07) is 5.39. The van der Waals surface area contributed by atoms with Gasteiger partial charge in [0.1, 0.15) is 0 Å². The number of amides is 1. The van der Waals surface area contributed by atoms with E-state index in [0.717, 1.165) is 22.9 Å². The van der Waals surface area contributed by atoms with Crippen molar-refractivity contribution in [3.8, 4) is 0 Å². The molecule has 0 saturated carbocycles. The third kappa shape index (κ3) is 1.82. The van der Waals surface area contributed by atoms with Gasteiger partial charge in [-0.3, -0.25) is 9.59 Å². The van der Waals surface area contributed by atoms with Gasteiger partial charge in [0.2, 0.25) is 5.91 Å². The lowest BCUT2D eigenvalue weighted by Crippen LogP contribution is -2.34. The Bertz CT molecular complexity index is 687. The Balaban J connectivity index is 2.20. The van der Waals surface area contributed by atoms with Gasteiger partial charge in [0.05, 0.1) is 5.69 Å². The fourth-order valence-electron chi connectivity index (χ4n) is 2.70. The van der Waals surface area contributed by atoms with Crippen LogP contribution in [0, 0.1) is 0 Å². The van der Waals surface area contributed by atoms with Crippen LogP contribution in [-0.2, 0) is 6.42 Å². The molecule has 0 spiro atoms. The number of nitrogens with one attached hydrogen (secondary N) is 2. The first-order valence-corrected chi connectivity index (χ1v) is 6.25. The molecule has 19 heavy (non-hydrogen) atoms. The van der Waals surface area contributed by atoms with Crippen LogP contribution in [0.5, 0.6) is 0 Å². The monoisotopic (exact) mass is 257 g/mol. The largest absolute Gasteiger partial charge is 0.366 e. The molecule has 0 aliphatic heterocycles. The lowest BCUT2D eigenvalue weighted by atomic mass is 9.90. The number of primary amides is 1. The number of benzene rings is 1. The Hall–Kier alpha value is -2.14. The van der Waals surface area contributed by atoms with Crippen molar-refractivity contribution in [2.24, 2.45) is 5.73 Å². The number of H-pyrrole nitrogens is 1. The summed E-state index contributed by atoms with van der Waals surface area (Å²) in [5.74, 6) is -0.346. The van der Waals surface area contributed by atoms with Gasteiger partial charge >= 0.3 is 0 Å². The molecule has 98 valence electrons. The molecule has 3 rings (SSSR count). The van der Waals surface area contributed by atoms with Gasteiger partial charge < -0.3 is 16.0 Å². The molecular weight excluding hydrogens is 242 g/mol. The Morgan fingerprint density at radius 1 is 1.42 bits per heavy atom. The second-order valence-electron chi connectivity index (χ2n) is 4.92. The molecule has 4 N–H and O–H groups in total. The van der Waals surface area contributed by atoms with Crippen LogP contribution in [0.1, 0.15) is 32.8 Å². The fraction of sp³-hybridized carbons (Fsp3) is 0.286. The smallest absolute Gasteiger partial charge is 0.248 e. The van der Waals surface area contributed by atoms with Crippen LogP contribution >= 0.6 is 0 Å². The number of carbonyl (C=O) groups is 2. The first-order chi connectivity index (χ1) is 9.10. The van der Waals surface area contributed by atoms with Crippen molar-refractivity contribution in [3.63, 3.8) is 0 Å². The molecule has 0 bridgehead atoms. The summed E-state index contributed by atoms with van der Waals surface area (Å²) in [5, 5.41) is 4.06. The predicted molar refractivity (Wildman–Crippen MR) is 72.3 cm³/mol. The summed E-state index contributed by atoms with van der Waals surface area (Å²) >= 11 is 0. The highest BCUT2D eigenvalue weighted by atomic mass is 16.1. The van der Waals surface area contributed by atoms with Crippen molar-refractivity contribution >= 4 is 22.6 Å². The van der Waals surface area contributed by atoms with Gasteiger partial charge in [0, 0.05) is 28.9 Å². The van der Waals surface area contributed by atoms with Gasteiger partial charge in [-0.05, 0) is 37.2 Å². The highest BCUT2D eigenvalue weighted by Gasteiger charge is 2.27. The number of carbonyl (C=O) groups excluding carboxylic acids is 2. The highest BCUT2D eigenvalue weighted by molar-refractivity contribution is 6.05. The summed E-state index contributed by atoms with van der Waals surface area (Å²) in [6.45, 7) is 0. The molecule has 5 heteroatoms. The third-order valence-electron chi connectivity index (χ3n) is 3.76. The van der Waals surface area contributed by atoms with E-state index in [-0.39, 0.29) is 11.8 Å². The van der Waals surface area contributed by atoms with Crippen LogP contribution in [0.25, 0.3) is 10.9 Å². The third-order valence-corrected chi connectivity index (χ3v) is 3.76. The van der Waals surface area contributed by atoms with Crippen LogP contribution in [0.2, 0.25) is 0 Å². The van der Waals surface area contributed by atoms with E-state index in [0.29, 0.717) is 17.7 Å². The van der Waals surface area contributed by atoms with Crippen LogP contribution in [0.15, 0.2) is 18.2 Å². The van der Waals surface area contributed by atoms with Crippen molar-refractivity contribution in [1.82, 2.24) is 10.3 Å². The zero-order valence-electron chi connectivity index (χ0n) is 10.6. The minimum absolute atomic E-state index is 0.109. The number of rotatable bonds is 2. The molecule has 1 aliphatic carbocycles. The predicted octanol–water partition coefficient (Wildman–Crippen LogP) is 0.984. The van der Waals surface area contributed by atoms with Gasteiger partial charge in [-0.15, -0.1) is 0 Å². The number of ketones is 1. The van der Waals surface area contributed by atoms with Crippen LogP contribution in [-0.4, -0.2) is 29.8 Å². The Morgan fingerprint density at radius 3 is 2.89 bits per heavy atom. The van der Waals surface area contributed by atoms with Crippen LogP contribution in [0.4, 0.5) is 0 Å². The van der Waals surface area contributed by atoms with Gasteiger partial charge in [-0.25, -0.2) is 0 Å². The average Bonchev–Trinajstić information content (AvgIpc) is 2.77. The number of hydrogen-bond donors (Lipinski definition) is 3. The number of likely N-dealkylation sites (N-methyl/N-ethyl adjacent to an activating group) is 1. The van der Waals surface area contributed by atoms with E-state index in [4.69, 9.17) is 5.73 Å². The molecular formula is C14H15N3O2. The average molecular weight is 257 g/mol. The molecule has 1 aliphatic rings. The van der Waals surface area contributed by atoms with Gasteiger partial charge in [0.15, 0.2) is 5.78 Å². The number of aromatic amines is 1. The normalized spacial score (nSPS) is 18.6. The molecule has 0 unspecified atom stereocenters. The molecule has 2 aromatic rings. The van der Waals surface area contributed by atoms with Crippen LogP contribution in [0.3, 0.4) is 0 Å². The highest BCUT2D eigenvalue weighted by Crippen LogP contribution is 2.29. The lowest BCUT2D eigenvalue weighted by Gasteiger charge is -2.20. The Kier molecular flexibility index (Phi) is 2.64. The van der Waals surface area contributed by atoms with Gasteiger partial charge in [0.25, 0.3) is 0 Å². The van der Waals surface area contributed by atoms with E-state index >= 15 is 0 Å². The number of hydrogen-bond acceptors (Lipinski definition) is 3. The molecule has 1 amide bonds. The summed E-state index contributed by atoms with van der Waals surface area (Å²) < 4.78 is 0. The minimum atomic E-state index is -0.454. The van der Waals surface area contributed by atoms with E-state index in [1.54, 1.807) is 18.2 Å². The van der Waals surface area contributed by atoms with E-state index in [1.165, 1.54) is 0 Å². The summed E-state index contributed by atoms with van der Waals surface area (Å²) in [5.41, 5.74) is 8.29. The van der Waals surface area contributed by atoms with E-state index in [2.05, 4.69) is 10.3 Å². The van der Waals surface area contributed by atoms with E-state index in [1.807, 2.05) is 7.05 Å². The Morgan fingerprint density at radius 2 is 2.21 bits per heavy atom. The minimum Gasteiger partial charge on any atom is -0.366 e. The lowest BCUT2D eigenvalue weighted by molar-refractivity contribution is 0.0954. The number of fused-ring (bicyclic) bond motifs is 3. The van der Waals surface area contributed by atoms with Crippen molar-refractivity contribution in [2.45, 2.75) is 18.9 Å². The zero-order chi connectivity index (χ0) is 13.6. The summed E-state index contributed by atoms with van der Waals surface area (Å²) in [7, 11) is 1.85. The molecule has 1 aromatic heterocycles. The summed E-state index contributed by atoms with van der Waals surface area (Å²) in [4.78, 5) is 26.5. The molecule has 0 fully saturated rings. The van der Waals surface area contributed by atoms with Crippen LogP contribution < -0.4 is 11.1 Å². The van der Waals surface area contributed by atoms with Crippen molar-refractivity contribution in [3.05, 3.63) is 35.0 Å². The van der Waals surface area contributed by atoms with E-state index < -0.39 is 5.91 Å². The molecule has 0 radical (unpaired) electrons. The van der Waals surface area contributed by atoms with Crippen molar-refractivity contribution < 1.29 is 9.59 Å². The maximum absolute atomic E-state index is 12.1. The topological polar surface area (TPSA) is 88.0 Å². The molecule has 1 heterocycles. The number of aromatic nitrogens is 1. The standard InChI is InChI=1S/C14H15N3O2/c1-16-8-5-10-9-4-7(14(15)19)2-3-11(9)17-13(10)12(18)6-8/h2-4,8,16-17H,5-6H2,1H3,(H2,15,19)/t8-/m0/s1. The second kappa shape index (κ2) is 4.20. The maximum atomic E-state index is 12.1. The van der Waals surface area contributed by atoms with Crippen molar-refractivity contribution in [2.75, 3.05) is 7.05 Å². The zero-order valence-corrected chi connectivity index (χ0v) is 10.6. The fourth-order valence-corrected chi connectivity index (χ4v) is 2.70. The Labute approximate surface area is 110 Å². The molecule has 5 nitrogen and oxygen atoms in total. The van der Waals surface area contributed by atoms with Gasteiger partial charge in [-0.1, -0.05) is 0 Å². The van der Waals surface area contributed by atoms with E-state index in [9.17, 15) is 9.59 Å². The molecule has 1 atom stereocenters. The number of nitrogens with two attached hydrogens (primary N) is 1. The van der Waals surface area contributed by atoms with Gasteiger partial charge in [-0.2, -0.15) is 0 Å². The SMILES string of the molecule is CN[C@@H]1CC(=O)c2[nH]c3ccc(C(N)=O)cc3c2C1. The maximum Gasteiger partial charge on any atom is 0.248 e. The number of Topliss-reactive ketones (excluding diaryl/α,β-unsaturated/α-hetero) is 1. The van der Waals surface area contributed by atoms with Crippen molar-refractivity contribution in [1.29, 1.82) is 0 Å². The first-order valence-electron chi connectivity index (χ1n) is 6.25. The second-order valence-corrected chi connectivity index (χ2v) is 4.92. The summed E-state index contributed by atoms with van der Waals surface area (Å²) in [6.07, 6.45) is 1.28. The first kappa shape index (κ1) is 11.9. The molecule has 1 aromatic carbocycles. The quantitative estimate of drug-likeness (QED) is 0.749. The molecule has 0 saturated heterocycles.